The molecule has 2 aromatic rings. The molecule has 0 saturated carbocycles. The average Bonchev–Trinajstić information content (AvgIpc) is 2.94. The fourth-order valence-electron chi connectivity index (χ4n) is 1.66. The Hall–Kier alpha value is -2.12. The summed E-state index contributed by atoms with van der Waals surface area (Å²) in [6.45, 7) is 0.774. The summed E-state index contributed by atoms with van der Waals surface area (Å²) in [6, 6.07) is 3.96. The molecule has 0 atom stereocenters. The number of nitrogens with one attached hydrogen (secondary N) is 1. The van der Waals surface area contributed by atoms with Crippen LogP contribution in [0.5, 0.6) is 0 Å². The van der Waals surface area contributed by atoms with E-state index < -0.39 is 10.8 Å². The number of benzene rings is 1. The lowest BCUT2D eigenvalue weighted by atomic mass is 10.2. The molecule has 110 valence electrons. The van der Waals surface area contributed by atoms with Crippen molar-refractivity contribution < 1.29 is 9.72 Å². The minimum atomic E-state index is -0.636. The van der Waals surface area contributed by atoms with Crippen LogP contribution in [0.15, 0.2) is 30.6 Å². The van der Waals surface area contributed by atoms with E-state index in [9.17, 15) is 14.9 Å². The van der Waals surface area contributed by atoms with Crippen molar-refractivity contribution in [2.45, 2.75) is 6.54 Å². The van der Waals surface area contributed by atoms with E-state index in [1.165, 1.54) is 0 Å². The third kappa shape index (κ3) is 3.71. The first-order valence-corrected chi connectivity index (χ1v) is 6.63. The first-order chi connectivity index (χ1) is 9.99. The van der Waals surface area contributed by atoms with E-state index in [0.717, 1.165) is 12.1 Å². The van der Waals surface area contributed by atoms with Gasteiger partial charge in [0.1, 0.15) is 0 Å². The number of aromatic nitrogens is 2. The van der Waals surface area contributed by atoms with Crippen LogP contribution in [0.4, 0.5) is 5.69 Å². The number of halogens is 2. The summed E-state index contributed by atoms with van der Waals surface area (Å²) in [5.41, 5.74) is -0.321. The molecular formula is C12H10Cl2N4O3. The van der Waals surface area contributed by atoms with Crippen molar-refractivity contribution in [2.75, 3.05) is 6.54 Å². The third-order valence-electron chi connectivity index (χ3n) is 2.65. The summed E-state index contributed by atoms with van der Waals surface area (Å²) >= 11 is 11.7. The van der Waals surface area contributed by atoms with Gasteiger partial charge in [0.05, 0.1) is 27.1 Å². The lowest BCUT2D eigenvalue weighted by Gasteiger charge is -2.08. The molecule has 0 radical (unpaired) electrons. The van der Waals surface area contributed by atoms with Crippen molar-refractivity contribution in [1.29, 1.82) is 0 Å². The Morgan fingerprint density at radius 3 is 2.81 bits per heavy atom. The van der Waals surface area contributed by atoms with Gasteiger partial charge in [-0.25, -0.2) is 0 Å². The zero-order valence-electron chi connectivity index (χ0n) is 10.6. The molecule has 1 N–H and O–H groups in total. The van der Waals surface area contributed by atoms with E-state index in [2.05, 4.69) is 10.4 Å². The number of amides is 1. The van der Waals surface area contributed by atoms with Gasteiger partial charge in [-0.2, -0.15) is 5.10 Å². The summed E-state index contributed by atoms with van der Waals surface area (Å²) in [7, 11) is 0. The predicted molar refractivity (Wildman–Crippen MR) is 77.7 cm³/mol. The number of hydrogen-bond acceptors (Lipinski definition) is 4. The SMILES string of the molecule is O=C(NCCn1cccn1)c1cc([N+](=O)[O-])cc(Cl)c1Cl. The highest BCUT2D eigenvalue weighted by atomic mass is 35.5. The van der Waals surface area contributed by atoms with Crippen molar-refractivity contribution in [2.24, 2.45) is 0 Å². The number of non-ortho nitro benzene ring substituents is 1. The summed E-state index contributed by atoms with van der Waals surface area (Å²) in [5.74, 6) is -0.530. The highest BCUT2D eigenvalue weighted by molar-refractivity contribution is 6.44. The second-order valence-corrected chi connectivity index (χ2v) is 4.86. The Labute approximate surface area is 129 Å². The number of nitro groups is 1. The zero-order chi connectivity index (χ0) is 15.4. The molecule has 1 aromatic heterocycles. The largest absolute Gasteiger partial charge is 0.350 e. The van der Waals surface area contributed by atoms with Gasteiger partial charge in [-0.05, 0) is 6.07 Å². The fraction of sp³-hybridized carbons (Fsp3) is 0.167. The Morgan fingerprint density at radius 2 is 2.19 bits per heavy atom. The Morgan fingerprint density at radius 1 is 1.43 bits per heavy atom. The predicted octanol–water partition coefficient (Wildman–Crippen LogP) is 2.53. The van der Waals surface area contributed by atoms with Crippen molar-refractivity contribution >= 4 is 34.8 Å². The maximum atomic E-state index is 12.0. The molecule has 0 aliphatic heterocycles. The molecule has 1 heterocycles. The molecule has 0 fully saturated rings. The number of nitro benzene ring substituents is 1. The molecule has 0 bridgehead atoms. The minimum absolute atomic E-state index is 0.0149. The van der Waals surface area contributed by atoms with E-state index in [4.69, 9.17) is 23.2 Å². The van der Waals surface area contributed by atoms with Crippen LogP contribution in [0.1, 0.15) is 10.4 Å². The molecule has 7 nitrogen and oxygen atoms in total. The van der Waals surface area contributed by atoms with Gasteiger partial charge in [-0.1, -0.05) is 23.2 Å². The van der Waals surface area contributed by atoms with Crippen molar-refractivity contribution in [3.05, 3.63) is 56.3 Å². The lowest BCUT2D eigenvalue weighted by molar-refractivity contribution is -0.384. The van der Waals surface area contributed by atoms with Crippen molar-refractivity contribution in [3.8, 4) is 0 Å². The van der Waals surface area contributed by atoms with Crippen LogP contribution in [-0.2, 0) is 6.54 Å². The van der Waals surface area contributed by atoms with E-state index in [1.54, 1.807) is 23.1 Å². The Kier molecular flexibility index (Phi) is 4.77. The third-order valence-corrected chi connectivity index (χ3v) is 3.46. The highest BCUT2D eigenvalue weighted by Gasteiger charge is 2.19. The standard InChI is InChI=1S/C12H10Cl2N4O3/c13-10-7-8(18(20)21)6-9(11(10)14)12(19)15-3-5-17-4-1-2-16-17/h1-2,4,6-7H,3,5H2,(H,15,19). The van der Waals surface area contributed by atoms with E-state index in [0.29, 0.717) is 13.1 Å². The summed E-state index contributed by atoms with van der Waals surface area (Å²) in [6.07, 6.45) is 3.38. The zero-order valence-corrected chi connectivity index (χ0v) is 12.1. The van der Waals surface area contributed by atoms with E-state index in [1.807, 2.05) is 0 Å². The summed E-state index contributed by atoms with van der Waals surface area (Å²) in [4.78, 5) is 22.1. The van der Waals surface area contributed by atoms with Gasteiger partial charge in [0, 0.05) is 31.1 Å². The molecule has 2 rings (SSSR count). The van der Waals surface area contributed by atoms with Crippen LogP contribution in [0.2, 0.25) is 10.0 Å². The van der Waals surface area contributed by atoms with Crippen LogP contribution in [-0.4, -0.2) is 27.2 Å². The minimum Gasteiger partial charge on any atom is -0.350 e. The van der Waals surface area contributed by atoms with Crippen molar-refractivity contribution in [1.82, 2.24) is 15.1 Å². The first-order valence-electron chi connectivity index (χ1n) is 5.88. The maximum absolute atomic E-state index is 12.0. The van der Waals surface area contributed by atoms with E-state index >= 15 is 0 Å². The van der Waals surface area contributed by atoms with E-state index in [-0.39, 0.29) is 21.3 Å². The molecule has 0 unspecified atom stereocenters. The molecule has 0 spiro atoms. The van der Waals surface area contributed by atoms with Gasteiger partial charge in [0.15, 0.2) is 0 Å². The maximum Gasteiger partial charge on any atom is 0.271 e. The number of nitrogens with zero attached hydrogens (tertiary/aromatic N) is 3. The topological polar surface area (TPSA) is 90.1 Å². The Bertz CT molecular complexity index is 673. The fourth-order valence-corrected chi connectivity index (χ4v) is 2.07. The molecule has 1 amide bonds. The van der Waals surface area contributed by atoms with Crippen LogP contribution in [0, 0.1) is 10.1 Å². The average molecular weight is 329 g/mol. The smallest absolute Gasteiger partial charge is 0.271 e. The molecular weight excluding hydrogens is 319 g/mol. The lowest BCUT2D eigenvalue weighted by Crippen LogP contribution is -2.27. The van der Waals surface area contributed by atoms with Crippen LogP contribution >= 0.6 is 23.2 Å². The van der Waals surface area contributed by atoms with Gasteiger partial charge in [0.25, 0.3) is 11.6 Å². The number of carbonyl (C=O) groups is 1. The molecule has 1 aromatic carbocycles. The monoisotopic (exact) mass is 328 g/mol. The van der Waals surface area contributed by atoms with Crippen LogP contribution in [0.25, 0.3) is 0 Å². The number of rotatable bonds is 5. The van der Waals surface area contributed by atoms with Crippen LogP contribution in [0.3, 0.4) is 0 Å². The van der Waals surface area contributed by atoms with Gasteiger partial charge < -0.3 is 5.32 Å². The normalized spacial score (nSPS) is 10.4. The molecule has 0 saturated heterocycles. The van der Waals surface area contributed by atoms with Gasteiger partial charge in [0.2, 0.25) is 0 Å². The molecule has 9 heteroatoms. The molecule has 0 aliphatic rings. The summed E-state index contributed by atoms with van der Waals surface area (Å²) in [5, 5.41) is 17.3. The Balaban J connectivity index is 2.09. The summed E-state index contributed by atoms with van der Waals surface area (Å²) < 4.78 is 1.64. The quantitative estimate of drug-likeness (QED) is 0.674. The molecule has 21 heavy (non-hydrogen) atoms. The van der Waals surface area contributed by atoms with Gasteiger partial charge in [-0.15, -0.1) is 0 Å². The van der Waals surface area contributed by atoms with Gasteiger partial charge in [-0.3, -0.25) is 19.6 Å². The highest BCUT2D eigenvalue weighted by Crippen LogP contribution is 2.30. The first kappa shape index (κ1) is 15.3. The molecule has 0 aliphatic carbocycles. The second kappa shape index (κ2) is 6.55. The second-order valence-electron chi connectivity index (χ2n) is 4.07. The van der Waals surface area contributed by atoms with Gasteiger partial charge >= 0.3 is 0 Å². The van der Waals surface area contributed by atoms with Crippen molar-refractivity contribution in [3.63, 3.8) is 0 Å². The number of hydrogen-bond donors (Lipinski definition) is 1. The number of carbonyl (C=O) groups excluding carboxylic acids is 1. The van der Waals surface area contributed by atoms with Crippen LogP contribution < -0.4 is 5.32 Å².